The lowest BCUT2D eigenvalue weighted by molar-refractivity contribution is -0.142. The summed E-state index contributed by atoms with van der Waals surface area (Å²) in [4.78, 5) is 186. The molecule has 1 saturated carbocycles. The van der Waals surface area contributed by atoms with Gasteiger partial charge in [-0.05, 0) is 94.7 Å². The first-order valence-corrected chi connectivity index (χ1v) is 34.2. The van der Waals surface area contributed by atoms with E-state index < -0.39 is 155 Å². The van der Waals surface area contributed by atoms with E-state index in [2.05, 4.69) is 67.8 Å². The highest BCUT2D eigenvalue weighted by Crippen LogP contribution is 2.48. The monoisotopic (exact) mass is 1420 g/mol. The second-order valence-electron chi connectivity index (χ2n) is 23.4. The predicted molar refractivity (Wildman–Crippen MR) is 364 cm³/mol. The number of carboxylic acids is 2. The van der Waals surface area contributed by atoms with Crippen molar-refractivity contribution in [1.82, 2.24) is 52.8 Å². The molecule has 40 heteroatoms. The fourth-order valence-corrected chi connectivity index (χ4v) is 14.3. The lowest BCUT2D eigenvalue weighted by Crippen LogP contribution is -2.62. The minimum absolute atomic E-state index is 0.00465. The van der Waals surface area contributed by atoms with Crippen molar-refractivity contribution in [3.8, 4) is 5.75 Å². The zero-order valence-corrected chi connectivity index (χ0v) is 56.3. The van der Waals surface area contributed by atoms with Crippen LogP contribution in [-0.4, -0.2) is 228 Å². The van der Waals surface area contributed by atoms with Gasteiger partial charge in [0.25, 0.3) is 0 Å². The minimum atomic E-state index is -1.93. The standard InChI is InChI=1S/C58H95N23O15S2/c1-96-32-17-15-31(16-18-32)26-37-48(89)75-35(12-7-23-70-56(64)65)47(88)79-39(50(91)77-36(53(94)95)13-8-24-71-57(66)67)30-97-98-58(19-3-2-4-20-58)44(80-45(86)33(59)10-5-21-68-54(60)61)52(93)73-29-42(83)81-25-9-14-40(81)51(92)76-34(11-6-22-69-55(62)63)46(87)72-28-41(82)74-38(27-43(84)85)49(90)78-37/h15-18,33-40,44H,2-14,19-30,59H2,1H3,(H,72,87)(H,73,93)(H,74,82)(H,75,89)(H,76,92)(H,77,91)(H,78,90)(H,79,88)(H,80,86)(H,84,85)(H,94,95)(H4,60,61,68)(H4,62,63,69)(H4,64,65,70)(H4,66,67,71)/t33-,34-,35-,36-,37-,38-,39-,40-,44?/m0/s1. The summed E-state index contributed by atoms with van der Waals surface area (Å²) in [6.07, 6.45) is 1.06. The van der Waals surface area contributed by atoms with Crippen LogP contribution in [0.3, 0.4) is 0 Å². The van der Waals surface area contributed by atoms with Crippen LogP contribution < -0.4 is 104 Å². The van der Waals surface area contributed by atoms with Crippen LogP contribution in [0.25, 0.3) is 0 Å². The Labute approximate surface area is 573 Å². The Kier molecular flexibility index (Phi) is 34.2. The van der Waals surface area contributed by atoms with Gasteiger partial charge in [-0.2, -0.15) is 0 Å². The van der Waals surface area contributed by atoms with Crippen LogP contribution in [-0.2, 0) is 64.0 Å². The number of hydrogen-bond acceptors (Lipinski definition) is 20. The number of amides is 10. The molecule has 3 fully saturated rings. The fourth-order valence-electron chi connectivity index (χ4n) is 10.8. The third kappa shape index (κ3) is 28.2. The highest BCUT2D eigenvalue weighted by atomic mass is 33.1. The molecule has 10 amide bonds. The summed E-state index contributed by atoms with van der Waals surface area (Å²) in [5, 5.41) is 43.3. The number of carboxylic acid groups (broad SMARTS) is 2. The van der Waals surface area contributed by atoms with E-state index in [1.807, 2.05) is 0 Å². The van der Waals surface area contributed by atoms with Gasteiger partial charge in [0.05, 0.1) is 37.4 Å². The maximum Gasteiger partial charge on any atom is 0.326 e. The van der Waals surface area contributed by atoms with Gasteiger partial charge >= 0.3 is 11.9 Å². The molecule has 2 heterocycles. The average Bonchev–Trinajstić information content (AvgIpc) is 0.821. The van der Waals surface area contributed by atoms with Crippen LogP contribution >= 0.6 is 21.6 Å². The van der Waals surface area contributed by atoms with Crippen LogP contribution in [0.5, 0.6) is 5.75 Å². The number of aliphatic carboxylic acids is 2. The van der Waals surface area contributed by atoms with Gasteiger partial charge in [0, 0.05) is 44.9 Å². The minimum Gasteiger partial charge on any atom is -0.497 e. The molecule has 4 rings (SSSR count). The van der Waals surface area contributed by atoms with Crippen molar-refractivity contribution in [2.45, 2.75) is 168 Å². The Hall–Kier alpha value is -9.60. The topological polar surface area (TPSA) is 650 Å². The molecule has 0 aromatic heterocycles. The predicted octanol–water partition coefficient (Wildman–Crippen LogP) is -6.95. The average molecular weight is 1420 g/mol. The van der Waals surface area contributed by atoms with Gasteiger partial charge in [-0.1, -0.05) is 53.0 Å². The summed E-state index contributed by atoms with van der Waals surface area (Å²) < 4.78 is 4.02. The number of nitrogens with one attached hydrogen (secondary N) is 9. The van der Waals surface area contributed by atoms with E-state index in [4.69, 9.17) is 56.3 Å². The van der Waals surface area contributed by atoms with Crippen molar-refractivity contribution in [3.05, 3.63) is 29.8 Å². The lowest BCUT2D eigenvalue weighted by atomic mass is 9.82. The molecule has 1 aromatic carbocycles. The number of nitrogens with zero attached hydrogens (tertiary/aromatic N) is 5. The number of hydrogen-bond donors (Lipinski definition) is 20. The first-order chi connectivity index (χ1) is 46.5. The van der Waals surface area contributed by atoms with E-state index in [0.29, 0.717) is 37.0 Å². The van der Waals surface area contributed by atoms with Gasteiger partial charge in [-0.3, -0.25) is 72.7 Å². The smallest absolute Gasteiger partial charge is 0.326 e. The molecule has 1 aromatic rings. The van der Waals surface area contributed by atoms with Gasteiger partial charge < -0.3 is 119 Å². The number of carbonyl (C=O) groups is 12. The molecular weight excluding hydrogens is 1320 g/mol. The number of rotatable bonds is 26. The summed E-state index contributed by atoms with van der Waals surface area (Å²) >= 11 is 0. The van der Waals surface area contributed by atoms with Crippen LogP contribution in [0.1, 0.15) is 108 Å². The van der Waals surface area contributed by atoms with Gasteiger partial charge in [0.15, 0.2) is 23.8 Å². The molecule has 2 aliphatic heterocycles. The highest BCUT2D eigenvalue weighted by molar-refractivity contribution is 8.77. The van der Waals surface area contributed by atoms with E-state index in [1.165, 1.54) is 12.0 Å². The number of aliphatic imine (C=N–C) groups is 4. The molecule has 29 N–H and O–H groups in total. The van der Waals surface area contributed by atoms with Gasteiger partial charge in [0.2, 0.25) is 59.1 Å². The first-order valence-electron chi connectivity index (χ1n) is 31.8. The van der Waals surface area contributed by atoms with Crippen molar-refractivity contribution in [2.24, 2.45) is 71.6 Å². The number of ether oxygens (including phenoxy) is 1. The molecule has 0 radical (unpaired) electrons. The third-order valence-corrected chi connectivity index (χ3v) is 19.2. The molecule has 1 unspecified atom stereocenters. The Morgan fingerprint density at radius 2 is 1.17 bits per heavy atom. The molecule has 1 aliphatic carbocycles. The Morgan fingerprint density at radius 1 is 0.643 bits per heavy atom. The number of benzene rings is 1. The first kappa shape index (κ1) is 80.8. The lowest BCUT2D eigenvalue weighted by Gasteiger charge is -2.42. The maximum atomic E-state index is 15.0. The van der Waals surface area contributed by atoms with Crippen LogP contribution in [0, 0.1) is 0 Å². The Morgan fingerprint density at radius 3 is 1.74 bits per heavy atom. The quantitative estimate of drug-likeness (QED) is 0.0177. The SMILES string of the molecule is COc1ccc(C[C@@H]2NC(=O)[C@H](CC(=O)O)NC(=O)CNC(=O)[C@H](CCCN=C(N)N)NC(=O)[C@@H]3CCCN3C(=O)CNC(=O)C(NC(=O)[C@@H](N)CCCN=C(N)N)C3(CCCCC3)SSC[C@@H](C(=O)N[C@@H](CCCN=C(N)N)C(=O)O)NC(=O)[C@H](CCCN=C(N)N)NC2=O)cc1. The molecule has 1 spiro atoms. The van der Waals surface area contributed by atoms with Gasteiger partial charge in [-0.15, -0.1) is 0 Å². The zero-order valence-electron chi connectivity index (χ0n) is 54.6. The van der Waals surface area contributed by atoms with E-state index in [0.717, 1.165) is 21.6 Å². The maximum absolute atomic E-state index is 15.0. The fraction of sp³-hybridized carbons (Fsp3) is 0.621. The molecule has 544 valence electrons. The van der Waals surface area contributed by atoms with Gasteiger partial charge in [0.1, 0.15) is 54.1 Å². The molecule has 0 bridgehead atoms. The van der Waals surface area contributed by atoms with E-state index >= 15 is 0 Å². The highest BCUT2D eigenvalue weighted by Gasteiger charge is 2.47. The number of guanidine groups is 4. The van der Waals surface area contributed by atoms with Gasteiger partial charge in [-0.25, -0.2) is 4.79 Å². The van der Waals surface area contributed by atoms with E-state index in [-0.39, 0.29) is 134 Å². The number of fused-ring (bicyclic) bond motifs is 1. The van der Waals surface area contributed by atoms with Crippen molar-refractivity contribution in [3.63, 3.8) is 0 Å². The van der Waals surface area contributed by atoms with Crippen molar-refractivity contribution < 1.29 is 72.5 Å². The van der Waals surface area contributed by atoms with Crippen molar-refractivity contribution >= 4 is 116 Å². The van der Waals surface area contributed by atoms with E-state index in [9.17, 15) is 67.7 Å². The molecule has 9 atom stereocenters. The summed E-state index contributed by atoms with van der Waals surface area (Å²) in [7, 11) is 3.44. The molecular formula is C58H95N23O15S2. The Balaban J connectivity index is 1.92. The van der Waals surface area contributed by atoms with E-state index in [1.54, 1.807) is 24.3 Å². The Bertz CT molecular complexity index is 3050. The molecule has 2 saturated heterocycles. The van der Waals surface area contributed by atoms with Crippen LogP contribution in [0.15, 0.2) is 44.2 Å². The number of nitrogens with two attached hydrogens (primary N) is 9. The third-order valence-electron chi connectivity index (χ3n) is 15.9. The zero-order chi connectivity index (χ0) is 72.5. The normalized spacial score (nSPS) is 22.4. The second kappa shape index (κ2) is 41.5. The van der Waals surface area contributed by atoms with Crippen LogP contribution in [0.4, 0.5) is 0 Å². The second-order valence-corrected chi connectivity index (χ2v) is 26.2. The largest absolute Gasteiger partial charge is 0.497 e. The number of carbonyl (C=O) groups excluding carboxylic acids is 10. The summed E-state index contributed by atoms with van der Waals surface area (Å²) in [6, 6.07) is -7.58. The summed E-state index contributed by atoms with van der Waals surface area (Å²) in [5.41, 5.74) is 51.0. The molecule has 3 aliphatic rings. The van der Waals surface area contributed by atoms with Crippen molar-refractivity contribution in [2.75, 3.05) is 58.7 Å². The molecule has 98 heavy (non-hydrogen) atoms. The molecule has 38 nitrogen and oxygen atoms in total. The van der Waals surface area contributed by atoms with Crippen LogP contribution in [0.2, 0.25) is 0 Å². The number of methoxy groups -OCH3 is 1. The van der Waals surface area contributed by atoms with Crippen molar-refractivity contribution in [1.29, 1.82) is 0 Å². The summed E-state index contributed by atoms with van der Waals surface area (Å²) in [5.74, 6) is -13.6. The summed E-state index contributed by atoms with van der Waals surface area (Å²) in [6.45, 7) is -1.57.